The number of hydrogen-bond donors (Lipinski definition) is 2. The summed E-state index contributed by atoms with van der Waals surface area (Å²) >= 11 is 0. The summed E-state index contributed by atoms with van der Waals surface area (Å²) in [5.74, 6) is 0.972. The molecule has 0 aromatic rings. The summed E-state index contributed by atoms with van der Waals surface area (Å²) < 4.78 is 11.0. The highest BCUT2D eigenvalue weighted by Gasteiger charge is 2.68. The van der Waals surface area contributed by atoms with Crippen molar-refractivity contribution in [2.75, 3.05) is 0 Å². The van der Waals surface area contributed by atoms with Crippen LogP contribution in [0.15, 0.2) is 0 Å². The molecule has 4 saturated carbocycles. The van der Waals surface area contributed by atoms with Crippen molar-refractivity contribution in [1.29, 1.82) is 0 Å². The average Bonchev–Trinajstić information content (AvgIpc) is 3.01. The molecule has 0 bridgehead atoms. The molecule has 31 heavy (non-hydrogen) atoms. The highest BCUT2D eigenvalue weighted by atomic mass is 16.5. The number of hydrogen-bond acceptors (Lipinski definition) is 6. The van der Waals surface area contributed by atoms with E-state index in [0.717, 1.165) is 38.5 Å². The Labute approximate surface area is 186 Å². The molecule has 10 atom stereocenters. The zero-order valence-corrected chi connectivity index (χ0v) is 19.7. The summed E-state index contributed by atoms with van der Waals surface area (Å²) in [5.41, 5.74) is -1.51. The van der Waals surface area contributed by atoms with E-state index in [9.17, 15) is 19.8 Å². The maximum atomic E-state index is 11.8. The Balaban J connectivity index is 1.59. The predicted octanol–water partition coefficient (Wildman–Crippen LogP) is 3.61. The van der Waals surface area contributed by atoms with Crippen molar-refractivity contribution in [3.05, 3.63) is 0 Å². The molecular formula is C25H40O6. The number of aliphatic hydroxyl groups is 2. The van der Waals surface area contributed by atoms with E-state index in [2.05, 4.69) is 13.8 Å². The topological polar surface area (TPSA) is 93.1 Å². The van der Waals surface area contributed by atoms with Crippen LogP contribution in [0.4, 0.5) is 0 Å². The van der Waals surface area contributed by atoms with Crippen molar-refractivity contribution < 1.29 is 29.3 Å². The van der Waals surface area contributed by atoms with Crippen molar-refractivity contribution in [1.82, 2.24) is 0 Å². The van der Waals surface area contributed by atoms with Crippen LogP contribution in [0.25, 0.3) is 0 Å². The van der Waals surface area contributed by atoms with E-state index in [4.69, 9.17) is 9.47 Å². The van der Waals surface area contributed by atoms with Gasteiger partial charge in [-0.25, -0.2) is 0 Å². The molecule has 0 aliphatic heterocycles. The monoisotopic (exact) mass is 436 g/mol. The Kier molecular flexibility index (Phi) is 5.74. The quantitative estimate of drug-likeness (QED) is 0.657. The molecule has 0 unspecified atom stereocenters. The van der Waals surface area contributed by atoms with Gasteiger partial charge in [0, 0.05) is 31.6 Å². The third-order valence-electron chi connectivity index (χ3n) is 10.1. The van der Waals surface area contributed by atoms with Gasteiger partial charge in [-0.15, -0.1) is 0 Å². The molecule has 0 aromatic heterocycles. The van der Waals surface area contributed by atoms with E-state index in [1.165, 1.54) is 13.8 Å². The fourth-order valence-corrected chi connectivity index (χ4v) is 8.73. The Hall–Kier alpha value is -1.14. The number of aliphatic hydroxyl groups excluding tert-OH is 1. The van der Waals surface area contributed by atoms with Crippen LogP contribution in [0, 0.1) is 34.5 Å². The Bertz CT molecular complexity index is 738. The van der Waals surface area contributed by atoms with Crippen LogP contribution in [-0.2, 0) is 19.1 Å². The van der Waals surface area contributed by atoms with Gasteiger partial charge in [0.25, 0.3) is 0 Å². The van der Waals surface area contributed by atoms with Crippen molar-refractivity contribution in [2.45, 2.75) is 110 Å². The zero-order chi connectivity index (χ0) is 22.8. The summed E-state index contributed by atoms with van der Waals surface area (Å²) in [4.78, 5) is 23.0. The van der Waals surface area contributed by atoms with Gasteiger partial charge in [-0.1, -0.05) is 13.8 Å². The molecule has 176 valence electrons. The predicted molar refractivity (Wildman–Crippen MR) is 115 cm³/mol. The lowest BCUT2D eigenvalue weighted by Gasteiger charge is -2.65. The van der Waals surface area contributed by atoms with Gasteiger partial charge in [0.1, 0.15) is 12.2 Å². The normalized spacial score (nSPS) is 49.9. The summed E-state index contributed by atoms with van der Waals surface area (Å²) in [6, 6.07) is 0. The van der Waals surface area contributed by atoms with E-state index in [0.29, 0.717) is 36.5 Å². The first kappa shape index (κ1) is 23.0. The highest BCUT2D eigenvalue weighted by Crippen LogP contribution is 2.68. The second-order valence-corrected chi connectivity index (χ2v) is 11.5. The maximum Gasteiger partial charge on any atom is 0.302 e. The SMILES string of the molecule is CC(=O)O[C@H]1CC[C@]2(C)[C@H]3CC[C@]4(C)[C@@H]([C@@H](C)OC(C)=O)CC[C@H]4[C@@H]3C[C@@H](O)[C@@]2(O)C1. The minimum Gasteiger partial charge on any atom is -0.463 e. The molecule has 0 heterocycles. The molecule has 0 amide bonds. The maximum absolute atomic E-state index is 11.8. The van der Waals surface area contributed by atoms with E-state index in [1.54, 1.807) is 0 Å². The largest absolute Gasteiger partial charge is 0.463 e. The Morgan fingerprint density at radius 1 is 1.00 bits per heavy atom. The third kappa shape index (κ3) is 3.43. The van der Waals surface area contributed by atoms with Gasteiger partial charge in [0.05, 0.1) is 11.7 Å². The van der Waals surface area contributed by atoms with E-state index < -0.39 is 11.7 Å². The van der Waals surface area contributed by atoms with Crippen LogP contribution in [0.5, 0.6) is 0 Å². The molecule has 4 aliphatic rings. The van der Waals surface area contributed by atoms with E-state index in [1.807, 2.05) is 6.92 Å². The molecule has 0 spiro atoms. The second-order valence-electron chi connectivity index (χ2n) is 11.5. The van der Waals surface area contributed by atoms with Crippen molar-refractivity contribution >= 4 is 11.9 Å². The standard InChI is InChI=1S/C25H40O6/c1-14(30-15(2)26)19-6-7-20-18-12-22(28)25(29)13-17(31-16(3)27)8-11-24(25,5)21(18)9-10-23(19,20)4/h14,17-22,28-29H,6-13H2,1-5H3/t14-,17+,18+,19-,20+,21+,22-,23-,24-,25+/m1/s1. The lowest BCUT2D eigenvalue weighted by Crippen LogP contribution is -2.68. The fourth-order valence-electron chi connectivity index (χ4n) is 8.73. The average molecular weight is 437 g/mol. The molecular weight excluding hydrogens is 396 g/mol. The second kappa shape index (κ2) is 7.72. The Morgan fingerprint density at radius 2 is 1.71 bits per heavy atom. The number of carbonyl (C=O) groups is 2. The van der Waals surface area contributed by atoms with E-state index >= 15 is 0 Å². The number of fused-ring (bicyclic) bond motifs is 5. The first-order valence-electron chi connectivity index (χ1n) is 12.2. The molecule has 0 aromatic carbocycles. The molecule has 6 heteroatoms. The van der Waals surface area contributed by atoms with Gasteiger partial charge in [-0.3, -0.25) is 9.59 Å². The van der Waals surface area contributed by atoms with Crippen molar-refractivity contribution in [3.63, 3.8) is 0 Å². The number of carbonyl (C=O) groups excluding carboxylic acids is 2. The van der Waals surface area contributed by atoms with Crippen LogP contribution in [0.2, 0.25) is 0 Å². The van der Waals surface area contributed by atoms with Crippen LogP contribution in [0.1, 0.15) is 86.0 Å². The smallest absolute Gasteiger partial charge is 0.302 e. The van der Waals surface area contributed by atoms with Crippen LogP contribution < -0.4 is 0 Å². The van der Waals surface area contributed by atoms with Crippen molar-refractivity contribution in [3.8, 4) is 0 Å². The summed E-state index contributed by atoms with van der Waals surface area (Å²) in [7, 11) is 0. The van der Waals surface area contributed by atoms with Crippen LogP contribution in [-0.4, -0.2) is 46.1 Å². The fraction of sp³-hybridized carbons (Fsp3) is 0.920. The number of ether oxygens (including phenoxy) is 2. The van der Waals surface area contributed by atoms with Gasteiger partial charge in [-0.2, -0.15) is 0 Å². The van der Waals surface area contributed by atoms with Crippen LogP contribution in [0.3, 0.4) is 0 Å². The molecule has 4 fully saturated rings. The molecule has 6 nitrogen and oxygen atoms in total. The number of esters is 2. The molecule has 0 radical (unpaired) electrons. The molecule has 4 aliphatic carbocycles. The minimum absolute atomic E-state index is 0.0933. The summed E-state index contributed by atoms with van der Waals surface area (Å²) in [5, 5.41) is 23.0. The van der Waals surface area contributed by atoms with Crippen LogP contribution >= 0.6 is 0 Å². The Morgan fingerprint density at radius 3 is 2.35 bits per heavy atom. The summed E-state index contributed by atoms with van der Waals surface area (Å²) in [6.45, 7) is 9.43. The number of rotatable bonds is 3. The third-order valence-corrected chi connectivity index (χ3v) is 10.1. The first-order chi connectivity index (χ1) is 14.4. The van der Waals surface area contributed by atoms with Gasteiger partial charge >= 0.3 is 11.9 Å². The van der Waals surface area contributed by atoms with Crippen molar-refractivity contribution in [2.24, 2.45) is 34.5 Å². The van der Waals surface area contributed by atoms with E-state index in [-0.39, 0.29) is 35.0 Å². The van der Waals surface area contributed by atoms with Gasteiger partial charge < -0.3 is 19.7 Å². The molecule has 4 rings (SSSR count). The first-order valence-corrected chi connectivity index (χ1v) is 12.2. The lowest BCUT2D eigenvalue weighted by atomic mass is 9.42. The minimum atomic E-state index is -1.22. The summed E-state index contributed by atoms with van der Waals surface area (Å²) in [6.07, 6.45) is 5.40. The van der Waals surface area contributed by atoms with Gasteiger partial charge in [-0.05, 0) is 75.0 Å². The highest BCUT2D eigenvalue weighted by molar-refractivity contribution is 5.66. The molecule has 2 N–H and O–H groups in total. The lowest BCUT2D eigenvalue weighted by molar-refractivity contribution is -0.266. The zero-order valence-electron chi connectivity index (χ0n) is 19.7. The van der Waals surface area contributed by atoms with Gasteiger partial charge in [0.15, 0.2) is 0 Å². The van der Waals surface area contributed by atoms with Gasteiger partial charge in [0.2, 0.25) is 0 Å². The molecule has 0 saturated heterocycles.